The third-order valence-electron chi connectivity index (χ3n) is 7.41. The molecule has 3 aromatic carbocycles. The molecular formula is C28H23F6NO6S. The molecule has 0 radical (unpaired) electrons. The molecule has 1 spiro atoms. The van der Waals surface area contributed by atoms with Crippen LogP contribution < -0.4 is 13.8 Å². The summed E-state index contributed by atoms with van der Waals surface area (Å²) in [5, 5.41) is 9.41. The predicted octanol–water partition coefficient (Wildman–Crippen LogP) is 6.71. The van der Waals surface area contributed by atoms with Crippen LogP contribution in [0, 0.1) is 11.7 Å². The van der Waals surface area contributed by atoms with Crippen LogP contribution in [-0.2, 0) is 21.0 Å². The second-order valence-corrected chi connectivity index (χ2v) is 12.0. The molecule has 0 bridgehead atoms. The third-order valence-corrected chi connectivity index (χ3v) is 9.17. The van der Waals surface area contributed by atoms with Crippen molar-refractivity contribution in [2.75, 3.05) is 10.8 Å². The Morgan fingerprint density at radius 2 is 1.74 bits per heavy atom. The smallest absolute Gasteiger partial charge is 0.416 e. The highest BCUT2D eigenvalue weighted by Crippen LogP contribution is 2.47. The van der Waals surface area contributed by atoms with E-state index in [-0.39, 0.29) is 54.8 Å². The van der Waals surface area contributed by atoms with Gasteiger partial charge in [-0.15, -0.1) is 0 Å². The largest absolute Gasteiger partial charge is 0.483 e. The molecule has 5 rings (SSSR count). The number of alkyl halides is 5. The van der Waals surface area contributed by atoms with E-state index in [9.17, 15) is 44.7 Å². The van der Waals surface area contributed by atoms with Gasteiger partial charge in [-0.25, -0.2) is 12.8 Å². The number of benzene rings is 3. The van der Waals surface area contributed by atoms with E-state index in [0.29, 0.717) is 6.07 Å². The lowest BCUT2D eigenvalue weighted by atomic mass is 9.78. The summed E-state index contributed by atoms with van der Waals surface area (Å²) < 4.78 is 119. The first kappa shape index (κ1) is 29.5. The number of nitrogens with zero attached hydrogens (tertiary/aromatic N) is 1. The first-order valence-corrected chi connectivity index (χ1v) is 14.1. The molecule has 0 aromatic heterocycles. The van der Waals surface area contributed by atoms with Crippen molar-refractivity contribution < 1.29 is 54.1 Å². The normalized spacial score (nSPS) is 20.7. The van der Waals surface area contributed by atoms with E-state index >= 15 is 0 Å². The molecule has 7 nitrogen and oxygen atoms in total. The van der Waals surface area contributed by atoms with Gasteiger partial charge in [-0.3, -0.25) is 9.10 Å². The number of carboxylic acids is 1. The number of rotatable bonds is 6. The SMILES string of the molecule is O=C(O)C1CCC2(CC1)CN(S(=O)(=O)c1cccc(C(F)(F)F)c1)c1cc(-c3cc(F)cc(OC(F)F)c3)ccc1O2. The van der Waals surface area contributed by atoms with Crippen LogP contribution in [0.4, 0.5) is 32.0 Å². The highest BCUT2D eigenvalue weighted by Gasteiger charge is 2.47. The Labute approximate surface area is 236 Å². The Morgan fingerprint density at radius 1 is 1.02 bits per heavy atom. The number of ether oxygens (including phenoxy) is 2. The fourth-order valence-electron chi connectivity index (χ4n) is 5.32. The second kappa shape index (κ2) is 10.7. The van der Waals surface area contributed by atoms with Gasteiger partial charge in [0, 0.05) is 6.07 Å². The minimum absolute atomic E-state index is 0.0507. The van der Waals surface area contributed by atoms with Gasteiger partial charge in [-0.05, 0) is 79.3 Å². The number of carboxylic acid groups (broad SMARTS) is 1. The topological polar surface area (TPSA) is 93.1 Å². The Bertz CT molecular complexity index is 1620. The molecule has 0 saturated heterocycles. The average molecular weight is 616 g/mol. The van der Waals surface area contributed by atoms with Crippen LogP contribution >= 0.6 is 0 Å². The molecule has 1 aliphatic carbocycles. The van der Waals surface area contributed by atoms with Gasteiger partial charge in [0.25, 0.3) is 10.0 Å². The zero-order valence-electron chi connectivity index (χ0n) is 21.6. The van der Waals surface area contributed by atoms with Crippen molar-refractivity contribution in [3.63, 3.8) is 0 Å². The summed E-state index contributed by atoms with van der Waals surface area (Å²) in [5.41, 5.74) is -2.16. The van der Waals surface area contributed by atoms with Gasteiger partial charge in [0.1, 0.15) is 22.9 Å². The number of sulfonamides is 1. The Morgan fingerprint density at radius 3 is 2.38 bits per heavy atom. The van der Waals surface area contributed by atoms with Crippen molar-refractivity contribution in [2.45, 2.75) is 49.0 Å². The summed E-state index contributed by atoms with van der Waals surface area (Å²) >= 11 is 0. The monoisotopic (exact) mass is 615 g/mol. The van der Waals surface area contributed by atoms with Crippen LogP contribution in [0.3, 0.4) is 0 Å². The van der Waals surface area contributed by atoms with Crippen molar-refractivity contribution >= 4 is 21.7 Å². The molecule has 14 heteroatoms. The number of halogens is 6. The number of carbonyl (C=O) groups is 1. The lowest BCUT2D eigenvalue weighted by molar-refractivity contribution is -0.144. The van der Waals surface area contributed by atoms with E-state index in [2.05, 4.69) is 4.74 Å². The van der Waals surface area contributed by atoms with Gasteiger partial charge < -0.3 is 14.6 Å². The number of aliphatic carboxylic acids is 1. The maximum atomic E-state index is 14.3. The average Bonchev–Trinajstić information content (AvgIpc) is 2.91. The molecule has 1 fully saturated rings. The van der Waals surface area contributed by atoms with Gasteiger partial charge in [0.05, 0.1) is 28.6 Å². The van der Waals surface area contributed by atoms with Crippen molar-refractivity contribution in [1.29, 1.82) is 0 Å². The van der Waals surface area contributed by atoms with E-state index in [1.165, 1.54) is 18.2 Å². The molecule has 1 heterocycles. The minimum Gasteiger partial charge on any atom is -0.483 e. The summed E-state index contributed by atoms with van der Waals surface area (Å²) in [6.45, 7) is -3.56. The predicted molar refractivity (Wildman–Crippen MR) is 137 cm³/mol. The molecular weight excluding hydrogens is 592 g/mol. The van der Waals surface area contributed by atoms with E-state index in [0.717, 1.165) is 40.7 Å². The number of hydrogen-bond acceptors (Lipinski definition) is 5. The van der Waals surface area contributed by atoms with E-state index in [1.54, 1.807) is 0 Å². The summed E-state index contributed by atoms with van der Waals surface area (Å²) in [5.74, 6) is -2.98. The van der Waals surface area contributed by atoms with Crippen molar-refractivity contribution in [1.82, 2.24) is 0 Å². The van der Waals surface area contributed by atoms with Gasteiger partial charge >= 0.3 is 18.8 Å². The highest BCUT2D eigenvalue weighted by molar-refractivity contribution is 7.92. The van der Waals surface area contributed by atoms with E-state index < -0.39 is 62.3 Å². The maximum Gasteiger partial charge on any atom is 0.416 e. The quantitative estimate of drug-likeness (QED) is 0.310. The van der Waals surface area contributed by atoms with Gasteiger partial charge in [-0.2, -0.15) is 22.0 Å². The summed E-state index contributed by atoms with van der Waals surface area (Å²) in [4.78, 5) is 10.9. The molecule has 1 aliphatic heterocycles. The van der Waals surface area contributed by atoms with Gasteiger partial charge in [0.2, 0.25) is 0 Å². The summed E-state index contributed by atoms with van der Waals surface area (Å²) in [6.07, 6.45) is -4.10. The van der Waals surface area contributed by atoms with Crippen LogP contribution in [0.5, 0.6) is 11.5 Å². The van der Waals surface area contributed by atoms with Crippen LogP contribution in [0.25, 0.3) is 11.1 Å². The first-order chi connectivity index (χ1) is 19.7. The zero-order valence-corrected chi connectivity index (χ0v) is 22.4. The third kappa shape index (κ3) is 5.85. The standard InChI is InChI=1S/C28H23F6NO6S/c29-20-10-18(11-21(14-20)40-26(30)31)17-4-5-24-23(12-17)35(15-27(41-24)8-6-16(7-9-27)25(36)37)42(38,39)22-3-1-2-19(13-22)28(32,33)34/h1-5,10-14,16,26H,6-9,15H2,(H,36,37). The molecule has 1 N–H and O–H groups in total. The molecule has 2 aliphatic rings. The van der Waals surface area contributed by atoms with Crippen molar-refractivity contribution in [3.05, 3.63) is 72.0 Å². The van der Waals surface area contributed by atoms with Crippen LogP contribution in [0.15, 0.2) is 65.6 Å². The van der Waals surface area contributed by atoms with Crippen molar-refractivity contribution in [3.8, 4) is 22.6 Å². The Kier molecular flexibility index (Phi) is 7.54. The highest BCUT2D eigenvalue weighted by atomic mass is 32.2. The molecule has 0 atom stereocenters. The number of hydrogen-bond donors (Lipinski definition) is 1. The lowest BCUT2D eigenvalue weighted by Gasteiger charge is -2.46. The minimum atomic E-state index is -4.81. The maximum absolute atomic E-state index is 14.3. The summed E-state index contributed by atoms with van der Waals surface area (Å²) in [6, 6.07) is 10.3. The molecule has 42 heavy (non-hydrogen) atoms. The molecule has 0 amide bonds. The van der Waals surface area contributed by atoms with Crippen LogP contribution in [-0.4, -0.2) is 38.3 Å². The molecule has 3 aromatic rings. The lowest BCUT2D eigenvalue weighted by Crippen LogP contribution is -2.54. The first-order valence-electron chi connectivity index (χ1n) is 12.7. The van der Waals surface area contributed by atoms with Crippen molar-refractivity contribution in [2.24, 2.45) is 5.92 Å². The fourth-order valence-corrected chi connectivity index (χ4v) is 6.90. The Hall–Kier alpha value is -3.94. The van der Waals surface area contributed by atoms with E-state index in [4.69, 9.17) is 4.74 Å². The molecule has 224 valence electrons. The fraction of sp³-hybridized carbons (Fsp3) is 0.321. The van der Waals surface area contributed by atoms with Crippen LogP contribution in [0.2, 0.25) is 0 Å². The van der Waals surface area contributed by atoms with Crippen LogP contribution in [0.1, 0.15) is 31.2 Å². The van der Waals surface area contributed by atoms with E-state index in [1.807, 2.05) is 0 Å². The molecule has 1 saturated carbocycles. The van der Waals surface area contributed by atoms with Gasteiger partial charge in [0.15, 0.2) is 0 Å². The number of anilines is 1. The second-order valence-electron chi connectivity index (χ2n) is 10.2. The molecule has 0 unspecified atom stereocenters. The zero-order chi connectivity index (χ0) is 30.4. The summed E-state index contributed by atoms with van der Waals surface area (Å²) in [7, 11) is -4.66. The number of fused-ring (bicyclic) bond motifs is 1. The van der Waals surface area contributed by atoms with Gasteiger partial charge in [-0.1, -0.05) is 12.1 Å². The Balaban J connectivity index is 1.61.